The molecule has 5 nitrogen and oxygen atoms in total. The van der Waals surface area contributed by atoms with Crippen molar-refractivity contribution in [2.75, 3.05) is 0 Å². The molecule has 15 heavy (non-hydrogen) atoms. The maximum Gasteiger partial charge on any atom is 0.251 e. The normalized spacial score (nSPS) is 14.3. The molecule has 0 aliphatic heterocycles. The van der Waals surface area contributed by atoms with Gasteiger partial charge in [0, 0.05) is 6.20 Å². The quantitative estimate of drug-likeness (QED) is 0.778. The molecule has 0 radical (unpaired) electrons. The van der Waals surface area contributed by atoms with Crippen molar-refractivity contribution < 1.29 is 9.53 Å². The number of amides is 1. The number of primary amides is 1. The molecule has 0 saturated heterocycles. The van der Waals surface area contributed by atoms with Gasteiger partial charge in [-0.1, -0.05) is 0 Å². The predicted octanol–water partition coefficient (Wildman–Crippen LogP) is 0.593. The Hall–Kier alpha value is -2.09. The summed E-state index contributed by atoms with van der Waals surface area (Å²) in [6.45, 7) is 0. The van der Waals surface area contributed by atoms with Crippen molar-refractivity contribution in [1.82, 2.24) is 4.98 Å². The maximum absolute atomic E-state index is 11.0. The lowest BCUT2D eigenvalue weighted by Crippen LogP contribution is -2.14. The van der Waals surface area contributed by atoms with Crippen molar-refractivity contribution in [2.24, 2.45) is 5.73 Å². The molecule has 1 aliphatic carbocycles. The summed E-state index contributed by atoms with van der Waals surface area (Å²) >= 11 is 0. The minimum absolute atomic E-state index is 0.107. The van der Waals surface area contributed by atoms with Crippen LogP contribution in [0.3, 0.4) is 0 Å². The number of carbonyl (C=O) groups excluding carboxylic acids is 1. The van der Waals surface area contributed by atoms with E-state index < -0.39 is 5.91 Å². The summed E-state index contributed by atoms with van der Waals surface area (Å²) in [5, 5.41) is 8.92. The zero-order valence-corrected chi connectivity index (χ0v) is 7.93. The minimum atomic E-state index is -0.666. The summed E-state index contributed by atoms with van der Waals surface area (Å²) in [6, 6.07) is 1.91. The molecule has 1 saturated carbocycles. The standard InChI is InChI=1S/C10H9N3O2/c11-3-7-8(10(12)14)4-13-5-9(7)15-6-1-2-6/h4-6H,1-2H2,(H2,12,14). The third-order valence-corrected chi connectivity index (χ3v) is 2.11. The number of rotatable bonds is 3. The van der Waals surface area contributed by atoms with Crippen LogP contribution < -0.4 is 10.5 Å². The fraction of sp³-hybridized carbons (Fsp3) is 0.300. The Morgan fingerprint density at radius 2 is 2.33 bits per heavy atom. The van der Waals surface area contributed by atoms with Gasteiger partial charge >= 0.3 is 0 Å². The topological polar surface area (TPSA) is 89.0 Å². The molecule has 0 unspecified atom stereocenters. The largest absolute Gasteiger partial charge is 0.487 e. The van der Waals surface area contributed by atoms with Crippen molar-refractivity contribution in [2.45, 2.75) is 18.9 Å². The second kappa shape index (κ2) is 3.58. The van der Waals surface area contributed by atoms with E-state index in [0.717, 1.165) is 12.8 Å². The number of hydrogen-bond acceptors (Lipinski definition) is 4. The van der Waals surface area contributed by atoms with Gasteiger partial charge < -0.3 is 10.5 Å². The van der Waals surface area contributed by atoms with E-state index in [4.69, 9.17) is 15.7 Å². The highest BCUT2D eigenvalue weighted by molar-refractivity contribution is 5.95. The minimum Gasteiger partial charge on any atom is -0.487 e. The van der Waals surface area contributed by atoms with Crippen LogP contribution in [0.4, 0.5) is 0 Å². The number of hydrogen-bond donors (Lipinski definition) is 1. The third-order valence-electron chi connectivity index (χ3n) is 2.11. The average Bonchev–Trinajstić information content (AvgIpc) is 3.01. The van der Waals surface area contributed by atoms with Crippen LogP contribution >= 0.6 is 0 Å². The summed E-state index contributed by atoms with van der Waals surface area (Å²) in [7, 11) is 0. The highest BCUT2D eigenvalue weighted by Crippen LogP contribution is 2.29. The van der Waals surface area contributed by atoms with Crippen LogP contribution in [0.25, 0.3) is 0 Å². The van der Waals surface area contributed by atoms with Gasteiger partial charge in [-0.25, -0.2) is 0 Å². The molecular weight excluding hydrogens is 194 g/mol. The average molecular weight is 203 g/mol. The SMILES string of the molecule is N#Cc1c(OC2CC2)cncc1C(N)=O. The number of nitrogens with two attached hydrogens (primary N) is 1. The summed E-state index contributed by atoms with van der Waals surface area (Å²) in [6.07, 6.45) is 4.82. The van der Waals surface area contributed by atoms with E-state index in [1.165, 1.54) is 12.4 Å². The fourth-order valence-corrected chi connectivity index (χ4v) is 1.20. The Kier molecular flexibility index (Phi) is 2.26. The van der Waals surface area contributed by atoms with Gasteiger partial charge in [0.15, 0.2) is 5.75 Å². The third kappa shape index (κ3) is 1.89. The van der Waals surface area contributed by atoms with E-state index in [9.17, 15) is 4.79 Å². The van der Waals surface area contributed by atoms with Crippen LogP contribution in [0, 0.1) is 11.3 Å². The van der Waals surface area contributed by atoms with Gasteiger partial charge in [-0.2, -0.15) is 5.26 Å². The second-order valence-corrected chi connectivity index (χ2v) is 3.35. The summed E-state index contributed by atoms with van der Waals surface area (Å²) in [5.41, 5.74) is 5.40. The van der Waals surface area contributed by atoms with Crippen LogP contribution in [0.5, 0.6) is 5.75 Å². The van der Waals surface area contributed by atoms with E-state index >= 15 is 0 Å². The molecule has 0 spiro atoms. The summed E-state index contributed by atoms with van der Waals surface area (Å²) < 4.78 is 5.45. The van der Waals surface area contributed by atoms with E-state index in [1.54, 1.807) is 0 Å². The molecule has 0 bridgehead atoms. The molecule has 1 heterocycles. The number of ether oxygens (including phenoxy) is 1. The number of carbonyl (C=O) groups is 1. The van der Waals surface area contributed by atoms with Gasteiger partial charge in [0.05, 0.1) is 17.9 Å². The lowest BCUT2D eigenvalue weighted by Gasteiger charge is -2.07. The molecule has 1 fully saturated rings. The van der Waals surface area contributed by atoms with Crippen molar-refractivity contribution >= 4 is 5.91 Å². The van der Waals surface area contributed by atoms with Crippen LogP contribution in [-0.4, -0.2) is 17.0 Å². The zero-order chi connectivity index (χ0) is 10.8. The molecule has 0 atom stereocenters. The molecule has 5 heteroatoms. The van der Waals surface area contributed by atoms with Crippen LogP contribution in [0.2, 0.25) is 0 Å². The van der Waals surface area contributed by atoms with E-state index in [0.29, 0.717) is 5.75 Å². The van der Waals surface area contributed by atoms with Gasteiger partial charge in [0.25, 0.3) is 5.91 Å². The van der Waals surface area contributed by atoms with Crippen LogP contribution in [-0.2, 0) is 0 Å². The molecule has 1 amide bonds. The lowest BCUT2D eigenvalue weighted by atomic mass is 10.1. The number of pyridine rings is 1. The second-order valence-electron chi connectivity index (χ2n) is 3.35. The highest BCUT2D eigenvalue weighted by Gasteiger charge is 2.26. The van der Waals surface area contributed by atoms with Crippen molar-refractivity contribution in [3.63, 3.8) is 0 Å². The Morgan fingerprint density at radius 3 is 2.87 bits per heavy atom. The van der Waals surface area contributed by atoms with Gasteiger partial charge in [-0.15, -0.1) is 0 Å². The lowest BCUT2D eigenvalue weighted by molar-refractivity contribution is 0.0999. The molecule has 76 valence electrons. The monoisotopic (exact) mass is 203 g/mol. The van der Waals surface area contributed by atoms with Crippen molar-refractivity contribution in [3.05, 3.63) is 23.5 Å². The van der Waals surface area contributed by atoms with Gasteiger partial charge in [-0.05, 0) is 12.8 Å². The zero-order valence-electron chi connectivity index (χ0n) is 7.93. The van der Waals surface area contributed by atoms with Gasteiger partial charge in [0.2, 0.25) is 0 Å². The molecule has 2 rings (SSSR count). The van der Waals surface area contributed by atoms with Crippen molar-refractivity contribution in [3.8, 4) is 11.8 Å². The van der Waals surface area contributed by atoms with Crippen molar-refractivity contribution in [1.29, 1.82) is 5.26 Å². The predicted molar refractivity (Wildman–Crippen MR) is 51.1 cm³/mol. The summed E-state index contributed by atoms with van der Waals surface area (Å²) in [4.78, 5) is 14.8. The summed E-state index contributed by atoms with van der Waals surface area (Å²) in [5.74, 6) is -0.323. The first-order chi connectivity index (χ1) is 7.22. The first-order valence-corrected chi connectivity index (χ1v) is 4.57. The number of nitriles is 1. The maximum atomic E-state index is 11.0. The van der Waals surface area contributed by atoms with E-state index in [2.05, 4.69) is 4.98 Å². The van der Waals surface area contributed by atoms with Gasteiger partial charge in [0.1, 0.15) is 11.6 Å². The number of aromatic nitrogens is 1. The smallest absolute Gasteiger partial charge is 0.251 e. The van der Waals surface area contributed by atoms with E-state index in [1.807, 2.05) is 6.07 Å². The van der Waals surface area contributed by atoms with Crippen LogP contribution in [0.15, 0.2) is 12.4 Å². The molecule has 1 aliphatic rings. The Bertz CT molecular complexity index is 446. The Labute approximate surface area is 86.5 Å². The fourth-order valence-electron chi connectivity index (χ4n) is 1.20. The number of nitrogens with zero attached hydrogens (tertiary/aromatic N) is 2. The molecule has 1 aromatic rings. The molecule has 0 aromatic carbocycles. The van der Waals surface area contributed by atoms with E-state index in [-0.39, 0.29) is 17.2 Å². The molecule has 2 N–H and O–H groups in total. The molecular formula is C10H9N3O2. The Morgan fingerprint density at radius 1 is 1.60 bits per heavy atom. The Balaban J connectivity index is 2.40. The first-order valence-electron chi connectivity index (χ1n) is 4.57. The molecule has 1 aromatic heterocycles. The highest BCUT2D eigenvalue weighted by atomic mass is 16.5. The first kappa shape index (κ1) is 9.46. The van der Waals surface area contributed by atoms with Gasteiger partial charge in [-0.3, -0.25) is 9.78 Å². The van der Waals surface area contributed by atoms with Crippen LogP contribution in [0.1, 0.15) is 28.8 Å².